The smallest absolute Gasteiger partial charge is 0.274 e. The number of carbonyl (C=O) groups is 1. The minimum Gasteiger partial charge on any atom is -0.338 e. The third-order valence-electron chi connectivity index (χ3n) is 5.33. The summed E-state index contributed by atoms with van der Waals surface area (Å²) in [6.07, 6.45) is 4.57. The molecule has 0 radical (unpaired) electrons. The number of likely N-dealkylation sites (tertiary alicyclic amines) is 1. The largest absolute Gasteiger partial charge is 0.338 e. The van der Waals surface area contributed by atoms with Crippen LogP contribution in [0.25, 0.3) is 16.9 Å². The van der Waals surface area contributed by atoms with Crippen LogP contribution in [0.5, 0.6) is 0 Å². The fourth-order valence-electron chi connectivity index (χ4n) is 3.49. The number of hydrogen-bond acceptors (Lipinski definition) is 4. The van der Waals surface area contributed by atoms with Crippen molar-refractivity contribution < 1.29 is 13.6 Å². The monoisotopic (exact) mass is 414 g/mol. The summed E-state index contributed by atoms with van der Waals surface area (Å²) >= 11 is 0. The van der Waals surface area contributed by atoms with E-state index in [1.165, 1.54) is 4.90 Å². The zero-order valence-electron chi connectivity index (χ0n) is 16.9. The molecule has 7 nitrogen and oxygen atoms in total. The van der Waals surface area contributed by atoms with Crippen molar-refractivity contribution in [2.45, 2.75) is 38.8 Å². The maximum absolute atomic E-state index is 13.5. The highest BCUT2D eigenvalue weighted by Gasteiger charge is 2.36. The van der Waals surface area contributed by atoms with E-state index < -0.39 is 5.92 Å². The molecule has 1 amide bonds. The van der Waals surface area contributed by atoms with E-state index in [9.17, 15) is 13.6 Å². The van der Waals surface area contributed by atoms with Gasteiger partial charge >= 0.3 is 0 Å². The van der Waals surface area contributed by atoms with E-state index in [2.05, 4.69) is 10.1 Å². The van der Waals surface area contributed by atoms with Crippen LogP contribution >= 0.6 is 0 Å². The first kappa shape index (κ1) is 20.2. The predicted molar refractivity (Wildman–Crippen MR) is 109 cm³/mol. The van der Waals surface area contributed by atoms with Crippen LogP contribution in [0.4, 0.5) is 8.78 Å². The molecule has 0 aromatic carbocycles. The first-order valence-corrected chi connectivity index (χ1v) is 9.87. The molecule has 30 heavy (non-hydrogen) atoms. The lowest BCUT2D eigenvalue weighted by Gasteiger charge is -2.31. The molecule has 1 saturated heterocycles. The summed E-state index contributed by atoms with van der Waals surface area (Å²) in [7, 11) is 0. The highest BCUT2D eigenvalue weighted by molar-refractivity contribution is 5.93. The van der Waals surface area contributed by atoms with Crippen molar-refractivity contribution in [2.24, 2.45) is 5.73 Å². The van der Waals surface area contributed by atoms with Crippen molar-refractivity contribution in [1.29, 1.82) is 0 Å². The standard InChI is InChI=1S/C21H24F2N6O/c1-14-3-4-17(12-25-14)29-19(16-5-8-28(13-16)15(2)24)11-18(26-29)20(30)27-9-6-21(22,23)7-10-27/h3-5,8,11-13,15H,6-7,9-10,24H2,1-2H3. The number of alkyl halides is 2. The number of carbonyl (C=O) groups excluding carboxylic acids is 1. The van der Waals surface area contributed by atoms with Crippen molar-refractivity contribution in [3.8, 4) is 16.9 Å². The lowest BCUT2D eigenvalue weighted by Crippen LogP contribution is -2.42. The zero-order chi connectivity index (χ0) is 21.5. The molecule has 2 N–H and O–H groups in total. The van der Waals surface area contributed by atoms with Crippen LogP contribution in [-0.4, -0.2) is 49.2 Å². The van der Waals surface area contributed by atoms with Gasteiger partial charge in [-0.2, -0.15) is 5.10 Å². The summed E-state index contributed by atoms with van der Waals surface area (Å²) in [4.78, 5) is 18.7. The number of nitrogens with two attached hydrogens (primary N) is 1. The third-order valence-corrected chi connectivity index (χ3v) is 5.33. The van der Waals surface area contributed by atoms with E-state index in [1.54, 1.807) is 16.9 Å². The molecular weight excluding hydrogens is 390 g/mol. The van der Waals surface area contributed by atoms with Gasteiger partial charge in [0.05, 0.1) is 23.7 Å². The molecule has 3 aromatic rings. The molecule has 0 bridgehead atoms. The molecule has 4 heterocycles. The maximum Gasteiger partial charge on any atom is 0.274 e. The lowest BCUT2D eigenvalue weighted by molar-refractivity contribution is -0.0495. The number of nitrogens with zero attached hydrogens (tertiary/aromatic N) is 5. The summed E-state index contributed by atoms with van der Waals surface area (Å²) in [6, 6.07) is 7.32. The Morgan fingerprint density at radius 3 is 2.57 bits per heavy atom. The average molecular weight is 414 g/mol. The molecule has 1 aliphatic heterocycles. The van der Waals surface area contributed by atoms with Gasteiger partial charge in [-0.3, -0.25) is 9.78 Å². The van der Waals surface area contributed by atoms with Gasteiger partial charge in [0.15, 0.2) is 5.69 Å². The SMILES string of the molecule is Cc1ccc(-n2nc(C(=O)N3CCC(F)(F)CC3)cc2-c2ccn(C(C)N)c2)cn1. The first-order chi connectivity index (χ1) is 14.2. The van der Waals surface area contributed by atoms with Gasteiger partial charge in [0, 0.05) is 49.6 Å². The van der Waals surface area contributed by atoms with Crippen LogP contribution in [0.1, 0.15) is 42.1 Å². The average Bonchev–Trinajstić information content (AvgIpc) is 3.35. The molecule has 158 valence electrons. The van der Waals surface area contributed by atoms with Crippen LogP contribution < -0.4 is 5.73 Å². The van der Waals surface area contributed by atoms with E-state index in [0.717, 1.165) is 11.3 Å². The van der Waals surface area contributed by atoms with E-state index in [-0.39, 0.29) is 43.7 Å². The van der Waals surface area contributed by atoms with Crippen LogP contribution in [0, 0.1) is 6.92 Å². The molecule has 4 rings (SSSR count). The molecule has 0 saturated carbocycles. The summed E-state index contributed by atoms with van der Waals surface area (Å²) < 4.78 is 30.5. The number of piperidine rings is 1. The predicted octanol–water partition coefficient (Wildman–Crippen LogP) is 3.39. The van der Waals surface area contributed by atoms with E-state index in [1.807, 2.05) is 49.0 Å². The summed E-state index contributed by atoms with van der Waals surface area (Å²) in [5.74, 6) is -3.06. The fourth-order valence-corrected chi connectivity index (χ4v) is 3.49. The number of aryl methyl sites for hydroxylation is 1. The van der Waals surface area contributed by atoms with Gasteiger partial charge in [-0.05, 0) is 38.1 Å². The Bertz CT molecular complexity index is 1040. The summed E-state index contributed by atoms with van der Waals surface area (Å²) in [6.45, 7) is 3.78. The Morgan fingerprint density at radius 2 is 1.97 bits per heavy atom. The molecule has 3 aromatic heterocycles. The number of hydrogen-bond donors (Lipinski definition) is 1. The molecule has 1 unspecified atom stereocenters. The van der Waals surface area contributed by atoms with Crippen molar-refractivity contribution in [3.63, 3.8) is 0 Å². The normalized spacial score (nSPS) is 17.2. The molecule has 0 spiro atoms. The second-order valence-corrected chi connectivity index (χ2v) is 7.72. The van der Waals surface area contributed by atoms with E-state index >= 15 is 0 Å². The van der Waals surface area contributed by atoms with Crippen molar-refractivity contribution in [3.05, 3.63) is 54.2 Å². The molecule has 1 fully saturated rings. The molecule has 0 aliphatic carbocycles. The second kappa shape index (κ2) is 7.64. The Hall–Kier alpha value is -3.07. The van der Waals surface area contributed by atoms with Crippen molar-refractivity contribution in [2.75, 3.05) is 13.1 Å². The van der Waals surface area contributed by atoms with Crippen molar-refractivity contribution in [1.82, 2.24) is 24.2 Å². The Labute approximate surface area is 173 Å². The van der Waals surface area contributed by atoms with Crippen LogP contribution in [0.2, 0.25) is 0 Å². The van der Waals surface area contributed by atoms with Gasteiger partial charge in [-0.1, -0.05) is 0 Å². The number of rotatable bonds is 4. The van der Waals surface area contributed by atoms with Crippen LogP contribution in [0.15, 0.2) is 42.9 Å². The molecule has 9 heteroatoms. The van der Waals surface area contributed by atoms with Gasteiger partial charge in [-0.15, -0.1) is 0 Å². The maximum atomic E-state index is 13.5. The minimum absolute atomic E-state index is 0.0151. The Kier molecular flexibility index (Phi) is 5.15. The second-order valence-electron chi connectivity index (χ2n) is 7.72. The fraction of sp³-hybridized carbons (Fsp3) is 0.381. The number of aromatic nitrogens is 4. The number of amides is 1. The highest BCUT2D eigenvalue weighted by Crippen LogP contribution is 2.30. The van der Waals surface area contributed by atoms with Gasteiger partial charge in [0.1, 0.15) is 0 Å². The van der Waals surface area contributed by atoms with Crippen LogP contribution in [-0.2, 0) is 0 Å². The number of halogens is 2. The molecule has 1 atom stereocenters. The quantitative estimate of drug-likeness (QED) is 0.710. The van der Waals surface area contributed by atoms with E-state index in [0.29, 0.717) is 11.4 Å². The van der Waals surface area contributed by atoms with Crippen molar-refractivity contribution >= 4 is 5.91 Å². The Morgan fingerprint density at radius 1 is 1.23 bits per heavy atom. The topological polar surface area (TPSA) is 82.0 Å². The van der Waals surface area contributed by atoms with Gasteiger partial charge in [-0.25, -0.2) is 13.5 Å². The zero-order valence-corrected chi connectivity index (χ0v) is 16.9. The third kappa shape index (κ3) is 3.97. The molecule has 1 aliphatic rings. The summed E-state index contributed by atoms with van der Waals surface area (Å²) in [5, 5.41) is 4.51. The van der Waals surface area contributed by atoms with Gasteiger partial charge in [0.25, 0.3) is 11.8 Å². The molecular formula is C21H24F2N6O. The highest BCUT2D eigenvalue weighted by atomic mass is 19.3. The first-order valence-electron chi connectivity index (χ1n) is 9.87. The summed E-state index contributed by atoms with van der Waals surface area (Å²) in [5.41, 5.74) is 9.27. The van der Waals surface area contributed by atoms with Gasteiger partial charge < -0.3 is 15.2 Å². The minimum atomic E-state index is -2.71. The Balaban J connectivity index is 1.72. The van der Waals surface area contributed by atoms with E-state index in [4.69, 9.17) is 5.73 Å². The number of pyridine rings is 1. The van der Waals surface area contributed by atoms with Gasteiger partial charge in [0.2, 0.25) is 0 Å². The lowest BCUT2D eigenvalue weighted by atomic mass is 10.1. The van der Waals surface area contributed by atoms with Crippen LogP contribution in [0.3, 0.4) is 0 Å².